The van der Waals surface area contributed by atoms with E-state index in [0.29, 0.717) is 6.54 Å². The number of hydrogen-bond acceptors (Lipinski definition) is 2. The quantitative estimate of drug-likeness (QED) is 0.424. The lowest BCUT2D eigenvalue weighted by Crippen LogP contribution is -2.72. The number of carbonyl (C=O) groups is 1. The lowest BCUT2D eigenvalue weighted by Gasteiger charge is -2.62. The Labute approximate surface area is 146 Å². The van der Waals surface area contributed by atoms with E-state index >= 15 is 0 Å². The average Bonchev–Trinajstić information content (AvgIpc) is 2.31. The molecule has 124 valence electrons. The Kier molecular flexibility index (Phi) is 6.54. The van der Waals surface area contributed by atoms with E-state index in [9.17, 15) is 4.79 Å². The summed E-state index contributed by atoms with van der Waals surface area (Å²) < 4.78 is 0. The molecular formula is C15H31IN4O. The first kappa shape index (κ1) is 20.5. The largest absolute Gasteiger partial charge is 0.369 e. The van der Waals surface area contributed by atoms with Crippen LogP contribution in [-0.2, 0) is 4.79 Å². The van der Waals surface area contributed by atoms with Gasteiger partial charge in [-0.2, -0.15) is 0 Å². The van der Waals surface area contributed by atoms with Gasteiger partial charge in [-0.05, 0) is 34.6 Å². The monoisotopic (exact) mass is 410 g/mol. The van der Waals surface area contributed by atoms with E-state index in [4.69, 9.17) is 5.73 Å². The molecule has 0 radical (unpaired) electrons. The minimum atomic E-state index is -0.620. The van der Waals surface area contributed by atoms with Crippen molar-refractivity contribution in [3.63, 3.8) is 0 Å². The standard InChI is InChI=1S/C15H30N4O.HI/c1-8-17-12(18-9-13(2,3)11(16)20)19-10-14(4,5)15(19,6)7;/h8-10H2,1-7H3,(H2,16,20)(H,17,18);1H. The van der Waals surface area contributed by atoms with Crippen LogP contribution in [0.15, 0.2) is 4.99 Å². The zero-order valence-electron chi connectivity index (χ0n) is 14.4. The maximum atomic E-state index is 11.4. The number of nitrogens with zero attached hydrogens (tertiary/aromatic N) is 2. The van der Waals surface area contributed by atoms with Crippen LogP contribution in [0, 0.1) is 10.8 Å². The summed E-state index contributed by atoms with van der Waals surface area (Å²) in [7, 11) is 0. The minimum Gasteiger partial charge on any atom is -0.369 e. The van der Waals surface area contributed by atoms with Gasteiger partial charge in [-0.15, -0.1) is 24.0 Å². The van der Waals surface area contributed by atoms with Gasteiger partial charge >= 0.3 is 0 Å². The van der Waals surface area contributed by atoms with Gasteiger partial charge in [0.1, 0.15) is 0 Å². The molecule has 6 heteroatoms. The van der Waals surface area contributed by atoms with E-state index in [1.54, 1.807) is 0 Å². The second-order valence-corrected chi connectivity index (χ2v) is 7.45. The maximum Gasteiger partial charge on any atom is 0.224 e. The lowest BCUT2D eigenvalue weighted by atomic mass is 9.65. The fraction of sp³-hybridized carbons (Fsp3) is 0.867. The van der Waals surface area contributed by atoms with Gasteiger partial charge in [0.2, 0.25) is 5.91 Å². The van der Waals surface area contributed by atoms with Gasteiger partial charge in [-0.25, -0.2) is 0 Å². The summed E-state index contributed by atoms with van der Waals surface area (Å²) in [6.45, 7) is 16.9. The number of primary amides is 1. The fourth-order valence-electron chi connectivity index (χ4n) is 2.15. The average molecular weight is 410 g/mol. The molecule has 0 bridgehead atoms. The van der Waals surface area contributed by atoms with Gasteiger partial charge < -0.3 is 16.0 Å². The van der Waals surface area contributed by atoms with Crippen LogP contribution in [0.5, 0.6) is 0 Å². The first-order valence-corrected chi connectivity index (χ1v) is 7.31. The molecule has 1 aliphatic heterocycles. The first-order valence-electron chi connectivity index (χ1n) is 7.31. The molecule has 1 heterocycles. The highest BCUT2D eigenvalue weighted by Gasteiger charge is 2.53. The van der Waals surface area contributed by atoms with Crippen LogP contribution >= 0.6 is 24.0 Å². The van der Waals surface area contributed by atoms with Crippen molar-refractivity contribution in [1.29, 1.82) is 0 Å². The van der Waals surface area contributed by atoms with Crippen molar-refractivity contribution in [2.45, 2.75) is 54.0 Å². The molecule has 0 aliphatic carbocycles. The van der Waals surface area contributed by atoms with Gasteiger partial charge in [0.25, 0.3) is 0 Å². The molecule has 5 nitrogen and oxygen atoms in total. The molecule has 0 aromatic rings. The van der Waals surface area contributed by atoms with Crippen LogP contribution < -0.4 is 11.1 Å². The number of nitrogens with two attached hydrogens (primary N) is 1. The highest BCUT2D eigenvalue weighted by atomic mass is 127. The zero-order valence-corrected chi connectivity index (χ0v) is 16.7. The summed E-state index contributed by atoms with van der Waals surface area (Å²) in [6, 6.07) is 0. The van der Waals surface area contributed by atoms with E-state index in [1.807, 2.05) is 20.8 Å². The molecular weight excluding hydrogens is 379 g/mol. The van der Waals surface area contributed by atoms with Gasteiger partial charge in [-0.1, -0.05) is 13.8 Å². The molecule has 1 fully saturated rings. The molecule has 0 aromatic carbocycles. The van der Waals surface area contributed by atoms with E-state index in [1.165, 1.54) is 0 Å². The molecule has 1 saturated heterocycles. The molecule has 3 N–H and O–H groups in total. The maximum absolute atomic E-state index is 11.4. The molecule has 0 saturated carbocycles. The number of nitrogens with one attached hydrogen (secondary N) is 1. The Morgan fingerprint density at radius 1 is 1.33 bits per heavy atom. The van der Waals surface area contributed by atoms with Crippen LogP contribution in [0.1, 0.15) is 48.5 Å². The normalized spacial score (nSPS) is 20.3. The molecule has 1 aliphatic rings. The van der Waals surface area contributed by atoms with Crippen LogP contribution in [-0.4, -0.2) is 41.9 Å². The van der Waals surface area contributed by atoms with E-state index < -0.39 is 5.41 Å². The van der Waals surface area contributed by atoms with Crippen molar-refractivity contribution in [3.05, 3.63) is 0 Å². The third-order valence-corrected chi connectivity index (χ3v) is 4.77. The smallest absolute Gasteiger partial charge is 0.224 e. The number of halogens is 1. The third-order valence-electron chi connectivity index (χ3n) is 4.77. The topological polar surface area (TPSA) is 70.7 Å². The molecule has 0 unspecified atom stereocenters. The fourth-order valence-corrected chi connectivity index (χ4v) is 2.15. The Morgan fingerprint density at radius 3 is 2.19 bits per heavy atom. The van der Waals surface area contributed by atoms with Crippen LogP contribution in [0.3, 0.4) is 0 Å². The van der Waals surface area contributed by atoms with Gasteiger partial charge in [-0.3, -0.25) is 9.79 Å². The predicted molar refractivity (Wildman–Crippen MR) is 98.9 cm³/mol. The number of hydrogen-bond donors (Lipinski definition) is 2. The van der Waals surface area contributed by atoms with Crippen molar-refractivity contribution in [2.75, 3.05) is 19.6 Å². The van der Waals surface area contributed by atoms with Crippen LogP contribution in [0.25, 0.3) is 0 Å². The molecule has 21 heavy (non-hydrogen) atoms. The summed E-state index contributed by atoms with van der Waals surface area (Å²) in [5, 5.41) is 3.31. The second kappa shape index (κ2) is 6.71. The molecule has 0 spiro atoms. The molecule has 0 aromatic heterocycles. The Balaban J connectivity index is 0.00000400. The van der Waals surface area contributed by atoms with Crippen LogP contribution in [0.4, 0.5) is 0 Å². The van der Waals surface area contributed by atoms with Crippen molar-refractivity contribution < 1.29 is 4.79 Å². The second-order valence-electron chi connectivity index (χ2n) is 7.45. The molecule has 1 amide bonds. The number of guanidine groups is 1. The highest BCUT2D eigenvalue weighted by molar-refractivity contribution is 14.0. The van der Waals surface area contributed by atoms with Crippen molar-refractivity contribution in [1.82, 2.24) is 10.2 Å². The van der Waals surface area contributed by atoms with E-state index in [2.05, 4.69) is 42.9 Å². The summed E-state index contributed by atoms with van der Waals surface area (Å²) in [4.78, 5) is 18.3. The first-order chi connectivity index (χ1) is 8.95. The van der Waals surface area contributed by atoms with Crippen LogP contribution in [0.2, 0.25) is 0 Å². The molecule has 0 atom stereocenters. The van der Waals surface area contributed by atoms with E-state index in [-0.39, 0.29) is 40.8 Å². The number of likely N-dealkylation sites (tertiary alicyclic amines) is 1. The van der Waals surface area contributed by atoms with E-state index in [0.717, 1.165) is 19.0 Å². The van der Waals surface area contributed by atoms with Crippen molar-refractivity contribution in [2.24, 2.45) is 21.6 Å². The predicted octanol–water partition coefficient (Wildman–Crippen LogP) is 2.20. The van der Waals surface area contributed by atoms with Gasteiger partial charge in [0, 0.05) is 24.0 Å². The Morgan fingerprint density at radius 2 is 1.86 bits per heavy atom. The van der Waals surface area contributed by atoms with Gasteiger partial charge in [0.05, 0.1) is 12.0 Å². The third kappa shape index (κ3) is 4.02. The molecule has 1 rings (SSSR count). The Bertz CT molecular complexity index is 416. The Hall–Kier alpha value is -0.530. The SMILES string of the molecule is CCNC(=NCC(C)(C)C(N)=O)N1CC(C)(C)C1(C)C.I. The van der Waals surface area contributed by atoms with Crippen molar-refractivity contribution in [3.8, 4) is 0 Å². The summed E-state index contributed by atoms with van der Waals surface area (Å²) in [6.07, 6.45) is 0. The minimum absolute atomic E-state index is 0. The van der Waals surface area contributed by atoms with Crippen molar-refractivity contribution >= 4 is 35.8 Å². The lowest BCUT2D eigenvalue weighted by molar-refractivity contribution is -0.125. The number of carbonyl (C=O) groups excluding carboxylic acids is 1. The summed E-state index contributed by atoms with van der Waals surface area (Å²) in [5.74, 6) is 0.548. The number of amides is 1. The highest BCUT2D eigenvalue weighted by Crippen LogP contribution is 2.46. The summed E-state index contributed by atoms with van der Waals surface area (Å²) in [5.41, 5.74) is 5.09. The zero-order chi connectivity index (χ0) is 15.8. The number of aliphatic imine (C=N–C) groups is 1. The number of rotatable bonds is 4. The summed E-state index contributed by atoms with van der Waals surface area (Å²) >= 11 is 0. The van der Waals surface area contributed by atoms with Gasteiger partial charge in [0.15, 0.2) is 5.96 Å².